The summed E-state index contributed by atoms with van der Waals surface area (Å²) in [6, 6.07) is 0. The molecule has 17 heavy (non-hydrogen) atoms. The molecule has 2 fully saturated rings. The molecule has 0 spiro atoms. The molecule has 5 nitrogen and oxygen atoms in total. The number of amides is 1. The third-order valence-electron chi connectivity index (χ3n) is 3.40. The Bertz CT molecular complexity index is 245. The van der Waals surface area contributed by atoms with Crippen molar-refractivity contribution in [3.05, 3.63) is 0 Å². The summed E-state index contributed by atoms with van der Waals surface area (Å²) in [5.74, 6) is 0.142. The molecule has 1 amide bonds. The van der Waals surface area contributed by atoms with E-state index >= 15 is 0 Å². The van der Waals surface area contributed by atoms with Gasteiger partial charge in [0.05, 0.1) is 19.3 Å². The van der Waals surface area contributed by atoms with Crippen molar-refractivity contribution in [2.75, 3.05) is 32.9 Å². The molecular weight excluding hydrogens is 222 g/mol. The number of hydrogen-bond acceptors (Lipinski definition) is 4. The summed E-state index contributed by atoms with van der Waals surface area (Å²) in [5.41, 5.74) is 0. The summed E-state index contributed by atoms with van der Waals surface area (Å²) in [6.45, 7) is 2.66. The average molecular weight is 243 g/mol. The molecule has 2 aliphatic rings. The first kappa shape index (κ1) is 12.8. The highest BCUT2D eigenvalue weighted by Gasteiger charge is 2.30. The molecule has 98 valence electrons. The van der Waals surface area contributed by atoms with Crippen LogP contribution in [0.1, 0.15) is 25.7 Å². The van der Waals surface area contributed by atoms with Gasteiger partial charge in [-0.05, 0) is 25.7 Å². The van der Waals surface area contributed by atoms with E-state index in [2.05, 4.69) is 0 Å². The Kier molecular flexibility index (Phi) is 4.76. The number of hydrogen-bond donors (Lipinski definition) is 1. The minimum absolute atomic E-state index is 0.0645. The molecule has 2 heterocycles. The van der Waals surface area contributed by atoms with Gasteiger partial charge < -0.3 is 19.5 Å². The van der Waals surface area contributed by atoms with Crippen LogP contribution in [-0.2, 0) is 14.3 Å². The Balaban J connectivity index is 1.72. The molecule has 1 N–H and O–H groups in total. The van der Waals surface area contributed by atoms with Gasteiger partial charge in [-0.2, -0.15) is 0 Å². The normalized spacial score (nSPS) is 26.4. The third-order valence-corrected chi connectivity index (χ3v) is 3.40. The van der Waals surface area contributed by atoms with Crippen molar-refractivity contribution in [2.24, 2.45) is 0 Å². The van der Waals surface area contributed by atoms with E-state index in [1.54, 1.807) is 0 Å². The van der Waals surface area contributed by atoms with Gasteiger partial charge in [-0.1, -0.05) is 0 Å². The number of carbonyl (C=O) groups is 1. The minimum atomic E-state index is -0.204. The lowest BCUT2D eigenvalue weighted by Crippen LogP contribution is -2.45. The predicted octanol–water partition coefficient (Wildman–Crippen LogP) is 0.165. The summed E-state index contributed by atoms with van der Waals surface area (Å²) in [6.07, 6.45) is 3.56. The maximum atomic E-state index is 12.0. The van der Waals surface area contributed by atoms with E-state index in [4.69, 9.17) is 14.6 Å². The number of likely N-dealkylation sites (tertiary alicyclic amines) is 1. The first-order chi connectivity index (χ1) is 8.31. The molecule has 0 aromatic carbocycles. The van der Waals surface area contributed by atoms with Crippen LogP contribution in [-0.4, -0.2) is 61.0 Å². The summed E-state index contributed by atoms with van der Waals surface area (Å²) < 4.78 is 10.9. The van der Waals surface area contributed by atoms with Gasteiger partial charge in [0.15, 0.2) is 0 Å². The molecule has 1 unspecified atom stereocenters. The van der Waals surface area contributed by atoms with E-state index in [0.29, 0.717) is 13.2 Å². The summed E-state index contributed by atoms with van der Waals surface area (Å²) >= 11 is 0. The number of aliphatic hydroxyl groups excluding tert-OH is 1. The van der Waals surface area contributed by atoms with Crippen molar-refractivity contribution in [3.8, 4) is 0 Å². The van der Waals surface area contributed by atoms with E-state index in [1.165, 1.54) is 0 Å². The number of rotatable bonds is 4. The number of piperidine rings is 1. The van der Waals surface area contributed by atoms with E-state index in [9.17, 15) is 4.79 Å². The summed E-state index contributed by atoms with van der Waals surface area (Å²) in [5, 5.41) is 8.67. The lowest BCUT2D eigenvalue weighted by atomic mass is 10.1. The fraction of sp³-hybridized carbons (Fsp3) is 0.917. The monoisotopic (exact) mass is 243 g/mol. The van der Waals surface area contributed by atoms with Gasteiger partial charge in [-0.15, -0.1) is 0 Å². The molecule has 0 radical (unpaired) electrons. The Hall–Kier alpha value is -0.650. The third kappa shape index (κ3) is 3.40. The van der Waals surface area contributed by atoms with Gasteiger partial charge in [0.2, 0.25) is 0 Å². The van der Waals surface area contributed by atoms with Crippen molar-refractivity contribution in [1.29, 1.82) is 0 Å². The van der Waals surface area contributed by atoms with Crippen molar-refractivity contribution in [2.45, 2.75) is 37.9 Å². The van der Waals surface area contributed by atoms with E-state index < -0.39 is 0 Å². The van der Waals surface area contributed by atoms with Gasteiger partial charge in [-0.3, -0.25) is 4.79 Å². The second kappa shape index (κ2) is 6.33. The number of ether oxygens (including phenoxy) is 2. The topological polar surface area (TPSA) is 59.0 Å². The smallest absolute Gasteiger partial charge is 0.251 e. The van der Waals surface area contributed by atoms with Gasteiger partial charge >= 0.3 is 0 Å². The fourth-order valence-corrected chi connectivity index (χ4v) is 2.44. The summed E-state index contributed by atoms with van der Waals surface area (Å²) in [7, 11) is 0. The zero-order chi connectivity index (χ0) is 12.1. The second-order valence-electron chi connectivity index (χ2n) is 4.62. The minimum Gasteiger partial charge on any atom is -0.394 e. The number of aliphatic hydroxyl groups is 1. The van der Waals surface area contributed by atoms with Crippen molar-refractivity contribution < 1.29 is 19.4 Å². The largest absolute Gasteiger partial charge is 0.394 e. The highest BCUT2D eigenvalue weighted by atomic mass is 16.5. The van der Waals surface area contributed by atoms with Crippen molar-refractivity contribution in [3.63, 3.8) is 0 Å². The average Bonchev–Trinajstić information content (AvgIpc) is 2.90. The van der Waals surface area contributed by atoms with Crippen LogP contribution >= 0.6 is 0 Å². The Morgan fingerprint density at radius 2 is 2.12 bits per heavy atom. The molecule has 0 saturated carbocycles. The first-order valence-electron chi connectivity index (χ1n) is 6.44. The predicted molar refractivity (Wildman–Crippen MR) is 61.6 cm³/mol. The fourth-order valence-electron chi connectivity index (χ4n) is 2.44. The Labute approximate surface area is 102 Å². The van der Waals surface area contributed by atoms with Crippen LogP contribution in [0, 0.1) is 0 Å². The van der Waals surface area contributed by atoms with Gasteiger partial charge in [0, 0.05) is 19.7 Å². The maximum absolute atomic E-state index is 12.0. The van der Waals surface area contributed by atoms with E-state index in [1.807, 2.05) is 4.90 Å². The van der Waals surface area contributed by atoms with Crippen LogP contribution in [0.15, 0.2) is 0 Å². The quantitative estimate of drug-likeness (QED) is 0.764. The molecular formula is C12H21NO4. The SMILES string of the molecule is O=C(C1CCCO1)N1CCC(OCCO)CC1. The van der Waals surface area contributed by atoms with Crippen LogP contribution in [0.2, 0.25) is 0 Å². The molecule has 1 atom stereocenters. The zero-order valence-corrected chi connectivity index (χ0v) is 10.1. The van der Waals surface area contributed by atoms with E-state index in [-0.39, 0.29) is 24.7 Å². The molecule has 0 aromatic rings. The van der Waals surface area contributed by atoms with Crippen LogP contribution in [0.3, 0.4) is 0 Å². The standard InChI is InChI=1S/C12H21NO4/c14-7-9-16-10-3-5-13(6-4-10)12(15)11-2-1-8-17-11/h10-11,14H,1-9H2. The Morgan fingerprint density at radius 1 is 1.35 bits per heavy atom. The molecule has 0 bridgehead atoms. The molecule has 2 rings (SSSR count). The zero-order valence-electron chi connectivity index (χ0n) is 10.1. The molecule has 5 heteroatoms. The number of nitrogens with zero attached hydrogens (tertiary/aromatic N) is 1. The Morgan fingerprint density at radius 3 is 2.71 bits per heavy atom. The van der Waals surface area contributed by atoms with Crippen LogP contribution < -0.4 is 0 Å². The highest BCUT2D eigenvalue weighted by Crippen LogP contribution is 2.19. The lowest BCUT2D eigenvalue weighted by Gasteiger charge is -2.33. The highest BCUT2D eigenvalue weighted by molar-refractivity contribution is 5.81. The first-order valence-corrected chi connectivity index (χ1v) is 6.44. The van der Waals surface area contributed by atoms with E-state index in [0.717, 1.165) is 38.8 Å². The number of carbonyl (C=O) groups excluding carboxylic acids is 1. The lowest BCUT2D eigenvalue weighted by molar-refractivity contribution is -0.143. The molecule has 0 aliphatic carbocycles. The van der Waals surface area contributed by atoms with Crippen molar-refractivity contribution in [1.82, 2.24) is 4.90 Å². The van der Waals surface area contributed by atoms with Gasteiger partial charge in [0.1, 0.15) is 6.10 Å². The second-order valence-corrected chi connectivity index (χ2v) is 4.62. The van der Waals surface area contributed by atoms with Crippen LogP contribution in [0.5, 0.6) is 0 Å². The molecule has 2 saturated heterocycles. The summed E-state index contributed by atoms with van der Waals surface area (Å²) in [4.78, 5) is 13.9. The van der Waals surface area contributed by atoms with Crippen molar-refractivity contribution >= 4 is 5.91 Å². The van der Waals surface area contributed by atoms with Crippen LogP contribution in [0.4, 0.5) is 0 Å². The molecule has 0 aromatic heterocycles. The van der Waals surface area contributed by atoms with Gasteiger partial charge in [0.25, 0.3) is 5.91 Å². The van der Waals surface area contributed by atoms with Crippen LogP contribution in [0.25, 0.3) is 0 Å². The molecule has 2 aliphatic heterocycles. The maximum Gasteiger partial charge on any atom is 0.251 e. The van der Waals surface area contributed by atoms with Gasteiger partial charge in [-0.25, -0.2) is 0 Å².